The fourth-order valence-electron chi connectivity index (χ4n) is 1.46. The van der Waals surface area contributed by atoms with E-state index in [1.807, 2.05) is 67.6 Å². The molecule has 0 bridgehead atoms. The van der Waals surface area contributed by atoms with Crippen molar-refractivity contribution in [1.82, 2.24) is 0 Å². The summed E-state index contributed by atoms with van der Waals surface area (Å²) in [5, 5.41) is 8.52. The zero-order chi connectivity index (χ0) is 13.1. The molecular formula is C16H20O2. The lowest BCUT2D eigenvalue weighted by atomic mass is 10.2. The maximum absolute atomic E-state index is 8.52. The van der Waals surface area contributed by atoms with E-state index in [1.54, 1.807) is 0 Å². The lowest BCUT2D eigenvalue weighted by molar-refractivity contribution is 0.299. The Hall–Kier alpha value is -1.80. The first-order valence-corrected chi connectivity index (χ1v) is 6.19. The van der Waals surface area contributed by atoms with Crippen LogP contribution in [-0.4, -0.2) is 18.3 Å². The molecule has 2 aromatic rings. The van der Waals surface area contributed by atoms with Gasteiger partial charge in [0.2, 0.25) is 0 Å². The lowest BCUT2D eigenvalue weighted by Crippen LogP contribution is -1.89. The molecule has 0 fully saturated rings. The summed E-state index contributed by atoms with van der Waals surface area (Å²) >= 11 is 0. The maximum atomic E-state index is 8.52. The highest BCUT2D eigenvalue weighted by atomic mass is 16.5. The third-order valence-electron chi connectivity index (χ3n) is 2.30. The molecule has 96 valence electrons. The van der Waals surface area contributed by atoms with Crippen LogP contribution in [0.15, 0.2) is 60.7 Å². The van der Waals surface area contributed by atoms with Crippen molar-refractivity contribution < 1.29 is 9.84 Å². The van der Waals surface area contributed by atoms with Crippen LogP contribution in [0.2, 0.25) is 0 Å². The van der Waals surface area contributed by atoms with E-state index in [1.165, 1.54) is 5.56 Å². The second kappa shape index (κ2) is 9.25. The SMILES string of the molecule is CCOc1ccccc1.OCCc1ccccc1. The molecule has 0 aliphatic carbocycles. The van der Waals surface area contributed by atoms with Crippen LogP contribution in [0, 0.1) is 0 Å². The molecule has 0 amide bonds. The highest BCUT2D eigenvalue weighted by Gasteiger charge is 1.85. The van der Waals surface area contributed by atoms with Gasteiger partial charge in [-0.3, -0.25) is 0 Å². The first-order valence-electron chi connectivity index (χ1n) is 6.19. The Morgan fingerprint density at radius 2 is 1.44 bits per heavy atom. The minimum Gasteiger partial charge on any atom is -0.494 e. The first kappa shape index (κ1) is 14.3. The van der Waals surface area contributed by atoms with E-state index in [0.717, 1.165) is 18.8 Å². The van der Waals surface area contributed by atoms with E-state index < -0.39 is 0 Å². The standard InChI is InChI=1S/2C8H10O/c1-2-9-8-6-4-3-5-7-8;9-7-6-8-4-2-1-3-5-8/h3-7H,2H2,1H3;1-5,9H,6-7H2. The average molecular weight is 244 g/mol. The second-order valence-electron chi connectivity index (χ2n) is 3.71. The van der Waals surface area contributed by atoms with Gasteiger partial charge in [-0.05, 0) is 31.0 Å². The number of hydrogen-bond acceptors (Lipinski definition) is 2. The molecular weight excluding hydrogens is 224 g/mol. The van der Waals surface area contributed by atoms with Crippen molar-refractivity contribution in [3.8, 4) is 5.75 Å². The predicted octanol–water partition coefficient (Wildman–Crippen LogP) is 3.31. The second-order valence-corrected chi connectivity index (χ2v) is 3.71. The van der Waals surface area contributed by atoms with Crippen LogP contribution in [0.4, 0.5) is 0 Å². The Morgan fingerprint density at radius 3 is 1.94 bits per heavy atom. The average Bonchev–Trinajstić information content (AvgIpc) is 2.43. The molecule has 0 radical (unpaired) electrons. The molecule has 2 heteroatoms. The van der Waals surface area contributed by atoms with Crippen molar-refractivity contribution in [2.45, 2.75) is 13.3 Å². The summed E-state index contributed by atoms with van der Waals surface area (Å²) in [6.45, 7) is 2.96. The van der Waals surface area contributed by atoms with Crippen LogP contribution in [0.25, 0.3) is 0 Å². The van der Waals surface area contributed by atoms with E-state index in [4.69, 9.17) is 9.84 Å². The molecule has 2 aromatic carbocycles. The minimum atomic E-state index is 0.240. The summed E-state index contributed by atoms with van der Waals surface area (Å²) in [7, 11) is 0. The number of benzene rings is 2. The Kier molecular flexibility index (Phi) is 7.33. The van der Waals surface area contributed by atoms with E-state index in [-0.39, 0.29) is 6.61 Å². The van der Waals surface area contributed by atoms with Gasteiger partial charge >= 0.3 is 0 Å². The molecule has 0 aliphatic rings. The zero-order valence-corrected chi connectivity index (χ0v) is 10.8. The lowest BCUT2D eigenvalue weighted by Gasteiger charge is -1.99. The summed E-state index contributed by atoms with van der Waals surface area (Å²) in [6, 6.07) is 19.7. The minimum absolute atomic E-state index is 0.240. The molecule has 0 spiro atoms. The molecule has 0 unspecified atom stereocenters. The van der Waals surface area contributed by atoms with Gasteiger partial charge in [0.25, 0.3) is 0 Å². The molecule has 1 N–H and O–H groups in total. The fraction of sp³-hybridized carbons (Fsp3) is 0.250. The summed E-state index contributed by atoms with van der Waals surface area (Å²) in [5.41, 5.74) is 1.19. The van der Waals surface area contributed by atoms with Gasteiger partial charge in [-0.2, -0.15) is 0 Å². The molecule has 0 aromatic heterocycles. The third-order valence-corrected chi connectivity index (χ3v) is 2.30. The smallest absolute Gasteiger partial charge is 0.119 e. The van der Waals surface area contributed by atoms with Gasteiger partial charge in [-0.25, -0.2) is 0 Å². The molecule has 18 heavy (non-hydrogen) atoms. The van der Waals surface area contributed by atoms with Crippen molar-refractivity contribution in [2.75, 3.05) is 13.2 Å². The number of aliphatic hydroxyl groups is 1. The maximum Gasteiger partial charge on any atom is 0.119 e. The summed E-state index contributed by atoms with van der Waals surface area (Å²) in [4.78, 5) is 0. The highest BCUT2D eigenvalue weighted by Crippen LogP contribution is 2.06. The van der Waals surface area contributed by atoms with Gasteiger partial charge in [0.15, 0.2) is 0 Å². The molecule has 0 heterocycles. The summed E-state index contributed by atoms with van der Waals surface area (Å²) in [6.07, 6.45) is 0.765. The van der Waals surface area contributed by atoms with Gasteiger partial charge in [-0.15, -0.1) is 0 Å². The van der Waals surface area contributed by atoms with Crippen LogP contribution in [0.1, 0.15) is 12.5 Å². The quantitative estimate of drug-likeness (QED) is 0.894. The van der Waals surface area contributed by atoms with Gasteiger partial charge in [0, 0.05) is 6.61 Å². The Labute approximate surface area is 109 Å². The van der Waals surface area contributed by atoms with Crippen molar-refractivity contribution in [3.05, 3.63) is 66.2 Å². The van der Waals surface area contributed by atoms with E-state index in [9.17, 15) is 0 Å². The zero-order valence-electron chi connectivity index (χ0n) is 10.8. The number of para-hydroxylation sites is 1. The number of rotatable bonds is 4. The largest absolute Gasteiger partial charge is 0.494 e. The summed E-state index contributed by atoms with van der Waals surface area (Å²) < 4.78 is 5.21. The van der Waals surface area contributed by atoms with E-state index in [0.29, 0.717) is 0 Å². The van der Waals surface area contributed by atoms with Gasteiger partial charge < -0.3 is 9.84 Å². The van der Waals surface area contributed by atoms with Crippen molar-refractivity contribution in [3.63, 3.8) is 0 Å². The number of ether oxygens (including phenoxy) is 1. The molecule has 0 aliphatic heterocycles. The third kappa shape index (κ3) is 6.06. The van der Waals surface area contributed by atoms with Crippen LogP contribution < -0.4 is 4.74 Å². The summed E-state index contributed by atoms with van der Waals surface area (Å²) in [5.74, 6) is 0.944. The molecule has 0 saturated carbocycles. The van der Waals surface area contributed by atoms with Crippen LogP contribution in [0.3, 0.4) is 0 Å². The predicted molar refractivity (Wildman–Crippen MR) is 74.8 cm³/mol. The Bertz CT molecular complexity index is 356. The molecule has 2 nitrogen and oxygen atoms in total. The van der Waals surface area contributed by atoms with Crippen LogP contribution >= 0.6 is 0 Å². The molecule has 2 rings (SSSR count). The van der Waals surface area contributed by atoms with Crippen LogP contribution in [-0.2, 0) is 6.42 Å². The van der Waals surface area contributed by atoms with Crippen LogP contribution in [0.5, 0.6) is 5.75 Å². The van der Waals surface area contributed by atoms with Gasteiger partial charge in [0.1, 0.15) is 5.75 Å². The number of aliphatic hydroxyl groups excluding tert-OH is 1. The van der Waals surface area contributed by atoms with E-state index >= 15 is 0 Å². The molecule has 0 saturated heterocycles. The monoisotopic (exact) mass is 244 g/mol. The Balaban J connectivity index is 0.000000180. The van der Waals surface area contributed by atoms with Crippen molar-refractivity contribution in [1.29, 1.82) is 0 Å². The van der Waals surface area contributed by atoms with Crippen molar-refractivity contribution >= 4 is 0 Å². The van der Waals surface area contributed by atoms with Crippen molar-refractivity contribution in [2.24, 2.45) is 0 Å². The van der Waals surface area contributed by atoms with E-state index in [2.05, 4.69) is 0 Å². The highest BCUT2D eigenvalue weighted by molar-refractivity contribution is 5.20. The first-order chi connectivity index (χ1) is 8.86. The fourth-order valence-corrected chi connectivity index (χ4v) is 1.46. The number of hydrogen-bond donors (Lipinski definition) is 1. The van der Waals surface area contributed by atoms with Gasteiger partial charge in [0.05, 0.1) is 6.61 Å². The molecule has 0 atom stereocenters. The van der Waals surface area contributed by atoms with Gasteiger partial charge in [-0.1, -0.05) is 48.5 Å². The topological polar surface area (TPSA) is 29.5 Å². The Morgan fingerprint density at radius 1 is 0.889 bits per heavy atom. The normalized spacial score (nSPS) is 9.22.